The van der Waals surface area contributed by atoms with Crippen LogP contribution in [0.5, 0.6) is 0 Å². The van der Waals surface area contributed by atoms with E-state index in [1.54, 1.807) is 12.1 Å². The summed E-state index contributed by atoms with van der Waals surface area (Å²) in [5.41, 5.74) is 1.95. The van der Waals surface area contributed by atoms with Crippen LogP contribution >= 0.6 is 11.6 Å². The highest BCUT2D eigenvalue weighted by Gasteiger charge is 2.29. The number of carbonyl (C=O) groups is 1. The van der Waals surface area contributed by atoms with Gasteiger partial charge in [-0.2, -0.15) is 5.10 Å². The Kier molecular flexibility index (Phi) is 4.18. The van der Waals surface area contributed by atoms with Gasteiger partial charge < -0.3 is 9.64 Å². The lowest BCUT2D eigenvalue weighted by Crippen LogP contribution is -2.50. The van der Waals surface area contributed by atoms with Crippen molar-refractivity contribution >= 4 is 17.5 Å². The van der Waals surface area contributed by atoms with Gasteiger partial charge in [0, 0.05) is 12.1 Å². The van der Waals surface area contributed by atoms with Gasteiger partial charge in [0.1, 0.15) is 5.69 Å². The molecule has 1 N–H and O–H groups in total. The number of aromatic amines is 1. The molecular formula is C16H18ClN3O2. The zero-order chi connectivity index (χ0) is 15.7. The van der Waals surface area contributed by atoms with E-state index in [1.165, 1.54) is 0 Å². The number of ether oxygens (including phenoxy) is 1. The number of hydrogen-bond donors (Lipinski definition) is 1. The van der Waals surface area contributed by atoms with Gasteiger partial charge in [-0.1, -0.05) is 29.8 Å². The Morgan fingerprint density at radius 2 is 2.18 bits per heavy atom. The fourth-order valence-electron chi connectivity index (χ4n) is 2.58. The van der Waals surface area contributed by atoms with Crippen LogP contribution in [0.1, 0.15) is 24.3 Å². The Hall–Kier alpha value is -1.85. The van der Waals surface area contributed by atoms with Crippen molar-refractivity contribution in [3.63, 3.8) is 0 Å². The summed E-state index contributed by atoms with van der Waals surface area (Å²) >= 11 is 6.17. The van der Waals surface area contributed by atoms with E-state index in [0.717, 1.165) is 5.56 Å². The maximum atomic E-state index is 12.7. The van der Waals surface area contributed by atoms with Crippen molar-refractivity contribution in [3.8, 4) is 11.3 Å². The second-order valence-electron chi connectivity index (χ2n) is 5.60. The zero-order valence-electron chi connectivity index (χ0n) is 12.5. The van der Waals surface area contributed by atoms with Gasteiger partial charge in [0.25, 0.3) is 5.91 Å². The lowest BCUT2D eigenvalue weighted by Gasteiger charge is -2.36. The molecule has 1 aliphatic rings. The summed E-state index contributed by atoms with van der Waals surface area (Å²) in [4.78, 5) is 14.5. The van der Waals surface area contributed by atoms with Gasteiger partial charge in [0.2, 0.25) is 0 Å². The summed E-state index contributed by atoms with van der Waals surface area (Å²) in [6.07, 6.45) is 0.0473. The summed E-state index contributed by atoms with van der Waals surface area (Å²) in [6.45, 7) is 5.09. The molecule has 22 heavy (non-hydrogen) atoms. The second kappa shape index (κ2) is 6.10. The third-order valence-electron chi connectivity index (χ3n) is 3.83. The molecule has 1 aromatic heterocycles. The van der Waals surface area contributed by atoms with E-state index in [4.69, 9.17) is 16.3 Å². The van der Waals surface area contributed by atoms with E-state index in [-0.39, 0.29) is 18.1 Å². The monoisotopic (exact) mass is 319 g/mol. The maximum absolute atomic E-state index is 12.7. The molecule has 1 fully saturated rings. The van der Waals surface area contributed by atoms with E-state index < -0.39 is 0 Å². The van der Waals surface area contributed by atoms with Crippen LogP contribution in [0.3, 0.4) is 0 Å². The van der Waals surface area contributed by atoms with Crippen molar-refractivity contribution < 1.29 is 9.53 Å². The quantitative estimate of drug-likeness (QED) is 0.925. The van der Waals surface area contributed by atoms with Crippen LogP contribution in [0, 0.1) is 0 Å². The van der Waals surface area contributed by atoms with Crippen LogP contribution in [-0.2, 0) is 4.74 Å². The highest BCUT2D eigenvalue weighted by Crippen LogP contribution is 2.26. The van der Waals surface area contributed by atoms with Crippen molar-refractivity contribution in [1.82, 2.24) is 15.1 Å². The van der Waals surface area contributed by atoms with Gasteiger partial charge in [-0.05, 0) is 26.0 Å². The molecule has 0 spiro atoms. The van der Waals surface area contributed by atoms with E-state index >= 15 is 0 Å². The Morgan fingerprint density at radius 3 is 2.95 bits per heavy atom. The smallest absolute Gasteiger partial charge is 0.272 e. The number of H-pyrrole nitrogens is 1. The van der Waals surface area contributed by atoms with Crippen molar-refractivity contribution in [2.75, 3.05) is 13.2 Å². The van der Waals surface area contributed by atoms with Crippen LogP contribution in [-0.4, -0.2) is 46.3 Å². The zero-order valence-corrected chi connectivity index (χ0v) is 13.3. The number of rotatable bonds is 2. The number of aromatic nitrogens is 2. The standard InChI is InChI=1S/C16H18ClN3O2/c1-10-9-22-11(2)8-20(10)16(21)15-7-14(18-19-15)12-5-3-4-6-13(12)17/h3-7,10-11H,8-9H2,1-2H3,(H,18,19)/t10-,11-/m0/s1. The minimum absolute atomic E-state index is 0.0473. The first-order valence-corrected chi connectivity index (χ1v) is 7.67. The molecule has 1 saturated heterocycles. The van der Waals surface area contributed by atoms with Crippen LogP contribution in [0.15, 0.2) is 30.3 Å². The summed E-state index contributed by atoms with van der Waals surface area (Å²) in [6, 6.07) is 9.24. The molecule has 0 bridgehead atoms. The molecule has 5 nitrogen and oxygen atoms in total. The Balaban J connectivity index is 1.84. The third-order valence-corrected chi connectivity index (χ3v) is 4.16. The number of nitrogens with one attached hydrogen (secondary N) is 1. The minimum atomic E-state index is -0.0616. The molecule has 0 aliphatic carbocycles. The van der Waals surface area contributed by atoms with Crippen LogP contribution in [0.25, 0.3) is 11.3 Å². The predicted octanol–water partition coefficient (Wildman–Crippen LogP) is 2.98. The molecule has 2 heterocycles. The number of nitrogens with zero attached hydrogens (tertiary/aromatic N) is 2. The molecule has 0 saturated carbocycles. The van der Waals surface area contributed by atoms with Crippen LogP contribution < -0.4 is 0 Å². The lowest BCUT2D eigenvalue weighted by molar-refractivity contribution is -0.0389. The van der Waals surface area contributed by atoms with Crippen LogP contribution in [0.4, 0.5) is 0 Å². The second-order valence-corrected chi connectivity index (χ2v) is 6.00. The normalized spacial score (nSPS) is 21.9. The van der Waals surface area contributed by atoms with Gasteiger partial charge >= 0.3 is 0 Å². The Morgan fingerprint density at radius 1 is 1.41 bits per heavy atom. The molecule has 0 unspecified atom stereocenters. The number of morpholine rings is 1. The highest BCUT2D eigenvalue weighted by atomic mass is 35.5. The molecule has 2 atom stereocenters. The number of benzene rings is 1. The molecular weight excluding hydrogens is 302 g/mol. The average molecular weight is 320 g/mol. The summed E-state index contributed by atoms with van der Waals surface area (Å²) in [5, 5.41) is 7.65. The summed E-state index contributed by atoms with van der Waals surface area (Å²) < 4.78 is 5.56. The fourth-order valence-corrected chi connectivity index (χ4v) is 2.81. The van der Waals surface area contributed by atoms with E-state index in [2.05, 4.69) is 10.2 Å². The first-order valence-electron chi connectivity index (χ1n) is 7.29. The Labute approximate surface area is 134 Å². The van der Waals surface area contributed by atoms with Crippen molar-refractivity contribution in [1.29, 1.82) is 0 Å². The number of carbonyl (C=O) groups excluding carboxylic acids is 1. The molecule has 1 aliphatic heterocycles. The van der Waals surface area contributed by atoms with E-state index in [9.17, 15) is 4.79 Å². The minimum Gasteiger partial charge on any atom is -0.375 e. The average Bonchev–Trinajstić information content (AvgIpc) is 2.99. The molecule has 116 valence electrons. The fraction of sp³-hybridized carbons (Fsp3) is 0.375. The van der Waals surface area contributed by atoms with Crippen molar-refractivity contribution in [2.24, 2.45) is 0 Å². The first kappa shape index (κ1) is 15.1. The molecule has 3 rings (SSSR count). The molecule has 1 aromatic carbocycles. The Bertz CT molecular complexity index is 686. The summed E-state index contributed by atoms with van der Waals surface area (Å²) in [5.74, 6) is -0.0616. The van der Waals surface area contributed by atoms with Crippen LogP contribution in [0.2, 0.25) is 5.02 Å². The largest absolute Gasteiger partial charge is 0.375 e. The third kappa shape index (κ3) is 2.87. The highest BCUT2D eigenvalue weighted by molar-refractivity contribution is 6.33. The van der Waals surface area contributed by atoms with Crippen molar-refractivity contribution in [2.45, 2.75) is 26.0 Å². The van der Waals surface area contributed by atoms with Gasteiger partial charge in [-0.3, -0.25) is 9.89 Å². The molecule has 1 amide bonds. The van der Waals surface area contributed by atoms with Crippen molar-refractivity contribution in [3.05, 3.63) is 41.0 Å². The maximum Gasteiger partial charge on any atom is 0.272 e. The molecule has 6 heteroatoms. The summed E-state index contributed by atoms with van der Waals surface area (Å²) in [7, 11) is 0. The number of amides is 1. The lowest BCUT2D eigenvalue weighted by atomic mass is 10.1. The van der Waals surface area contributed by atoms with Gasteiger partial charge in [-0.15, -0.1) is 0 Å². The number of halogens is 1. The van der Waals surface area contributed by atoms with Gasteiger partial charge in [0.05, 0.1) is 29.5 Å². The van der Waals surface area contributed by atoms with Gasteiger partial charge in [0.15, 0.2) is 0 Å². The SMILES string of the molecule is C[C@H]1CN(C(=O)c2cc(-c3ccccc3Cl)n[nH]2)[C@@H](C)CO1. The predicted molar refractivity (Wildman–Crippen MR) is 84.9 cm³/mol. The first-order chi connectivity index (χ1) is 10.6. The van der Waals surface area contributed by atoms with Gasteiger partial charge in [-0.25, -0.2) is 0 Å². The topological polar surface area (TPSA) is 58.2 Å². The van der Waals surface area contributed by atoms with E-state index in [1.807, 2.05) is 36.9 Å². The molecule has 2 aromatic rings. The number of hydrogen-bond acceptors (Lipinski definition) is 3. The molecule has 0 radical (unpaired) electrons. The van der Waals surface area contributed by atoms with E-state index in [0.29, 0.717) is 29.6 Å².